The van der Waals surface area contributed by atoms with E-state index in [1.807, 2.05) is 25.3 Å². The fraction of sp³-hybridized carbons (Fsp3) is 0.375. The Morgan fingerprint density at radius 1 is 1.33 bits per heavy atom. The van der Waals surface area contributed by atoms with Crippen LogP contribution < -0.4 is 5.32 Å². The topological polar surface area (TPSA) is 83.4 Å². The standard InChI is InChI=1S/C16H20N6O2/c1-2-20-7-8-21(11-15(20)23)16(24)19-10-13-3-4-14(18-9-13)22-6-5-17-12-22/h3-6,9,12H,2,7-8,10-11H2,1H3,(H,19,24). The second kappa shape index (κ2) is 7.12. The van der Waals surface area contributed by atoms with E-state index in [1.54, 1.807) is 33.1 Å². The number of aromatic nitrogens is 3. The molecule has 3 amide bonds. The van der Waals surface area contributed by atoms with Gasteiger partial charge in [0.05, 0.1) is 0 Å². The Hall–Kier alpha value is -2.90. The number of likely N-dealkylation sites (N-methyl/N-ethyl adjacent to an activating group) is 1. The third-order valence-corrected chi connectivity index (χ3v) is 4.01. The van der Waals surface area contributed by atoms with Crippen molar-refractivity contribution >= 4 is 11.9 Å². The van der Waals surface area contributed by atoms with Gasteiger partial charge in [0.15, 0.2) is 0 Å². The fourth-order valence-electron chi connectivity index (χ4n) is 2.57. The van der Waals surface area contributed by atoms with E-state index in [0.29, 0.717) is 26.2 Å². The molecule has 1 N–H and O–H groups in total. The molecule has 0 saturated carbocycles. The third kappa shape index (κ3) is 3.53. The molecule has 24 heavy (non-hydrogen) atoms. The molecular formula is C16H20N6O2. The molecule has 0 aromatic carbocycles. The minimum atomic E-state index is -0.224. The second-order valence-electron chi connectivity index (χ2n) is 5.55. The van der Waals surface area contributed by atoms with E-state index < -0.39 is 0 Å². The SMILES string of the molecule is CCN1CCN(C(=O)NCc2ccc(-n3ccnc3)nc2)CC1=O. The molecule has 2 aromatic rings. The monoisotopic (exact) mass is 328 g/mol. The predicted molar refractivity (Wildman–Crippen MR) is 87.4 cm³/mol. The Morgan fingerprint density at radius 2 is 2.21 bits per heavy atom. The summed E-state index contributed by atoms with van der Waals surface area (Å²) in [7, 11) is 0. The Balaban J connectivity index is 1.52. The van der Waals surface area contributed by atoms with Gasteiger partial charge in [-0.3, -0.25) is 9.36 Å². The number of urea groups is 1. The number of nitrogens with zero attached hydrogens (tertiary/aromatic N) is 5. The Morgan fingerprint density at radius 3 is 2.83 bits per heavy atom. The number of imidazole rings is 1. The van der Waals surface area contributed by atoms with Crippen molar-refractivity contribution in [3.05, 3.63) is 42.6 Å². The minimum absolute atomic E-state index is 0.00903. The van der Waals surface area contributed by atoms with E-state index in [4.69, 9.17) is 0 Å². The third-order valence-electron chi connectivity index (χ3n) is 4.01. The highest BCUT2D eigenvalue weighted by molar-refractivity contribution is 5.85. The smallest absolute Gasteiger partial charge is 0.318 e. The zero-order valence-electron chi connectivity index (χ0n) is 13.6. The summed E-state index contributed by atoms with van der Waals surface area (Å²) >= 11 is 0. The van der Waals surface area contributed by atoms with Gasteiger partial charge in [-0.2, -0.15) is 0 Å². The van der Waals surface area contributed by atoms with Gasteiger partial charge in [0.2, 0.25) is 5.91 Å². The van der Waals surface area contributed by atoms with Crippen LogP contribution in [0.2, 0.25) is 0 Å². The number of rotatable bonds is 4. The van der Waals surface area contributed by atoms with Crippen molar-refractivity contribution in [3.8, 4) is 5.82 Å². The van der Waals surface area contributed by atoms with Crippen molar-refractivity contribution in [2.45, 2.75) is 13.5 Å². The number of piperazine rings is 1. The lowest BCUT2D eigenvalue weighted by atomic mass is 10.3. The van der Waals surface area contributed by atoms with Crippen molar-refractivity contribution in [1.29, 1.82) is 0 Å². The van der Waals surface area contributed by atoms with Crippen LogP contribution in [0.25, 0.3) is 5.82 Å². The number of hydrogen-bond acceptors (Lipinski definition) is 4. The quantitative estimate of drug-likeness (QED) is 0.893. The normalized spacial score (nSPS) is 14.8. The highest BCUT2D eigenvalue weighted by atomic mass is 16.2. The molecule has 1 aliphatic heterocycles. The molecule has 3 rings (SSSR count). The van der Waals surface area contributed by atoms with Gasteiger partial charge in [0.1, 0.15) is 18.7 Å². The van der Waals surface area contributed by atoms with Crippen LogP contribution in [0.1, 0.15) is 12.5 Å². The van der Waals surface area contributed by atoms with Crippen LogP contribution in [-0.4, -0.2) is 62.5 Å². The van der Waals surface area contributed by atoms with E-state index in [0.717, 1.165) is 11.4 Å². The Kier molecular flexibility index (Phi) is 4.74. The number of nitrogens with one attached hydrogen (secondary N) is 1. The summed E-state index contributed by atoms with van der Waals surface area (Å²) in [6.07, 6.45) is 6.90. The summed E-state index contributed by atoms with van der Waals surface area (Å²) in [4.78, 5) is 35.6. The van der Waals surface area contributed by atoms with Gasteiger partial charge in [-0.15, -0.1) is 0 Å². The maximum absolute atomic E-state index is 12.2. The van der Waals surface area contributed by atoms with Crippen molar-refractivity contribution in [3.63, 3.8) is 0 Å². The van der Waals surface area contributed by atoms with Gasteiger partial charge < -0.3 is 15.1 Å². The molecule has 2 aromatic heterocycles. The molecule has 0 radical (unpaired) electrons. The van der Waals surface area contributed by atoms with Gasteiger partial charge in [0.25, 0.3) is 0 Å². The van der Waals surface area contributed by atoms with Crippen LogP contribution in [-0.2, 0) is 11.3 Å². The zero-order chi connectivity index (χ0) is 16.9. The summed E-state index contributed by atoms with van der Waals surface area (Å²) in [5.74, 6) is 0.758. The summed E-state index contributed by atoms with van der Waals surface area (Å²) in [5, 5.41) is 2.83. The lowest BCUT2D eigenvalue weighted by molar-refractivity contribution is -0.134. The lowest BCUT2D eigenvalue weighted by Crippen LogP contribution is -2.54. The molecule has 0 unspecified atom stereocenters. The summed E-state index contributed by atoms with van der Waals surface area (Å²) in [5.41, 5.74) is 0.894. The highest BCUT2D eigenvalue weighted by Crippen LogP contribution is 2.06. The van der Waals surface area contributed by atoms with Gasteiger partial charge in [-0.1, -0.05) is 6.07 Å². The maximum Gasteiger partial charge on any atom is 0.318 e. The van der Waals surface area contributed by atoms with E-state index in [1.165, 1.54) is 0 Å². The number of hydrogen-bond donors (Lipinski definition) is 1. The van der Waals surface area contributed by atoms with Crippen LogP contribution in [0.4, 0.5) is 4.79 Å². The van der Waals surface area contributed by atoms with Crippen molar-refractivity contribution in [1.82, 2.24) is 29.7 Å². The number of carbonyl (C=O) groups excluding carboxylic acids is 2. The van der Waals surface area contributed by atoms with E-state index >= 15 is 0 Å². The second-order valence-corrected chi connectivity index (χ2v) is 5.55. The van der Waals surface area contributed by atoms with Crippen LogP contribution in [0.3, 0.4) is 0 Å². The van der Waals surface area contributed by atoms with E-state index in [9.17, 15) is 9.59 Å². The highest BCUT2D eigenvalue weighted by Gasteiger charge is 2.25. The van der Waals surface area contributed by atoms with Gasteiger partial charge in [-0.25, -0.2) is 14.8 Å². The predicted octanol–water partition coefficient (Wildman–Crippen LogP) is 0.641. The molecule has 0 spiro atoms. The van der Waals surface area contributed by atoms with Gasteiger partial charge in [0, 0.05) is 44.8 Å². The first-order valence-electron chi connectivity index (χ1n) is 7.91. The first kappa shape index (κ1) is 16.0. The van der Waals surface area contributed by atoms with Gasteiger partial charge >= 0.3 is 6.03 Å². The fourth-order valence-corrected chi connectivity index (χ4v) is 2.57. The average Bonchev–Trinajstić information content (AvgIpc) is 3.14. The van der Waals surface area contributed by atoms with Crippen LogP contribution >= 0.6 is 0 Å². The molecule has 1 fully saturated rings. The molecule has 0 atom stereocenters. The molecular weight excluding hydrogens is 308 g/mol. The van der Waals surface area contributed by atoms with Crippen LogP contribution in [0.5, 0.6) is 0 Å². The molecule has 1 aliphatic rings. The first-order chi connectivity index (χ1) is 11.7. The molecule has 1 saturated heterocycles. The largest absolute Gasteiger partial charge is 0.340 e. The molecule has 0 bridgehead atoms. The number of carbonyl (C=O) groups is 2. The molecule has 126 valence electrons. The molecule has 0 aliphatic carbocycles. The van der Waals surface area contributed by atoms with Gasteiger partial charge in [-0.05, 0) is 18.6 Å². The zero-order valence-corrected chi connectivity index (χ0v) is 13.6. The molecule has 3 heterocycles. The lowest BCUT2D eigenvalue weighted by Gasteiger charge is -2.33. The average molecular weight is 328 g/mol. The Bertz CT molecular complexity index is 698. The molecule has 8 heteroatoms. The summed E-state index contributed by atoms with van der Waals surface area (Å²) < 4.78 is 1.81. The summed E-state index contributed by atoms with van der Waals surface area (Å²) in [6.45, 7) is 4.28. The number of amides is 3. The van der Waals surface area contributed by atoms with Crippen molar-refractivity contribution in [2.75, 3.05) is 26.2 Å². The van der Waals surface area contributed by atoms with Crippen molar-refractivity contribution < 1.29 is 9.59 Å². The van der Waals surface area contributed by atoms with Crippen LogP contribution in [0.15, 0.2) is 37.1 Å². The van der Waals surface area contributed by atoms with E-state index in [2.05, 4.69) is 15.3 Å². The number of pyridine rings is 1. The minimum Gasteiger partial charge on any atom is -0.340 e. The first-order valence-corrected chi connectivity index (χ1v) is 7.91. The van der Waals surface area contributed by atoms with Crippen LogP contribution in [0, 0.1) is 0 Å². The summed E-state index contributed by atoms with van der Waals surface area (Å²) in [6, 6.07) is 3.55. The Labute approximate surface area is 140 Å². The van der Waals surface area contributed by atoms with Crippen molar-refractivity contribution in [2.24, 2.45) is 0 Å². The molecule has 8 nitrogen and oxygen atoms in total. The maximum atomic E-state index is 12.2. The van der Waals surface area contributed by atoms with E-state index in [-0.39, 0.29) is 18.5 Å².